The lowest BCUT2D eigenvalue weighted by molar-refractivity contribution is -0.0750. The standard InChI is InChI=1S/C9H21NO2/c1-4-8(6-10)9(11,5-2)7-12-3/h8,11H,4-7,10H2,1-3H3. The number of ether oxygens (including phenoxy) is 1. The lowest BCUT2D eigenvalue weighted by Crippen LogP contribution is -2.44. The first kappa shape index (κ1) is 11.9. The Morgan fingerprint density at radius 3 is 2.33 bits per heavy atom. The van der Waals surface area contributed by atoms with Crippen molar-refractivity contribution in [2.75, 3.05) is 20.3 Å². The molecule has 0 heterocycles. The average molecular weight is 175 g/mol. The van der Waals surface area contributed by atoms with Gasteiger partial charge in [0, 0.05) is 13.0 Å². The van der Waals surface area contributed by atoms with Crippen molar-refractivity contribution >= 4 is 0 Å². The van der Waals surface area contributed by atoms with Crippen molar-refractivity contribution in [2.24, 2.45) is 11.7 Å². The van der Waals surface area contributed by atoms with Crippen LogP contribution in [0.4, 0.5) is 0 Å². The average Bonchev–Trinajstić information content (AvgIpc) is 2.07. The van der Waals surface area contributed by atoms with E-state index in [1.165, 1.54) is 0 Å². The number of hydrogen-bond donors (Lipinski definition) is 2. The second-order valence-corrected chi connectivity index (χ2v) is 3.23. The predicted octanol–water partition coefficient (Wildman–Crippen LogP) is 0.759. The molecule has 0 radical (unpaired) electrons. The van der Waals surface area contributed by atoms with Crippen molar-refractivity contribution in [1.82, 2.24) is 0 Å². The summed E-state index contributed by atoms with van der Waals surface area (Å²) in [5.41, 5.74) is 4.82. The van der Waals surface area contributed by atoms with E-state index in [-0.39, 0.29) is 5.92 Å². The molecule has 12 heavy (non-hydrogen) atoms. The molecule has 3 N–H and O–H groups in total. The van der Waals surface area contributed by atoms with Crippen LogP contribution in [0.25, 0.3) is 0 Å². The molecular formula is C9H21NO2. The Morgan fingerprint density at radius 1 is 1.50 bits per heavy atom. The summed E-state index contributed by atoms with van der Waals surface area (Å²) in [6.07, 6.45) is 1.58. The van der Waals surface area contributed by atoms with Gasteiger partial charge in [-0.05, 0) is 19.4 Å². The monoisotopic (exact) mass is 175 g/mol. The summed E-state index contributed by atoms with van der Waals surface area (Å²) < 4.78 is 4.98. The second kappa shape index (κ2) is 5.51. The predicted molar refractivity (Wildman–Crippen MR) is 50.0 cm³/mol. The smallest absolute Gasteiger partial charge is 0.0917 e. The molecule has 3 heteroatoms. The van der Waals surface area contributed by atoms with Crippen molar-refractivity contribution in [1.29, 1.82) is 0 Å². The molecule has 3 nitrogen and oxygen atoms in total. The SMILES string of the molecule is CCC(CN)C(O)(CC)COC. The van der Waals surface area contributed by atoms with Gasteiger partial charge in [-0.15, -0.1) is 0 Å². The molecule has 2 atom stereocenters. The van der Waals surface area contributed by atoms with Gasteiger partial charge < -0.3 is 15.6 Å². The Hall–Kier alpha value is -0.120. The first-order valence-corrected chi connectivity index (χ1v) is 4.56. The number of aliphatic hydroxyl groups is 1. The van der Waals surface area contributed by atoms with Crippen LogP contribution < -0.4 is 5.73 Å². The highest BCUT2D eigenvalue weighted by molar-refractivity contribution is 4.84. The summed E-state index contributed by atoms with van der Waals surface area (Å²) in [5, 5.41) is 10.1. The number of rotatable bonds is 6. The highest BCUT2D eigenvalue weighted by atomic mass is 16.5. The van der Waals surface area contributed by atoms with Crippen LogP contribution in [-0.4, -0.2) is 31.0 Å². The topological polar surface area (TPSA) is 55.5 Å². The zero-order valence-electron chi connectivity index (χ0n) is 8.34. The van der Waals surface area contributed by atoms with E-state index < -0.39 is 5.60 Å². The molecule has 0 fully saturated rings. The Labute approximate surface area is 74.9 Å². The van der Waals surface area contributed by atoms with E-state index in [0.717, 1.165) is 6.42 Å². The van der Waals surface area contributed by atoms with E-state index in [2.05, 4.69) is 0 Å². The van der Waals surface area contributed by atoms with E-state index in [9.17, 15) is 5.11 Å². The van der Waals surface area contributed by atoms with Gasteiger partial charge in [0.25, 0.3) is 0 Å². The van der Waals surface area contributed by atoms with Crippen LogP contribution in [0.15, 0.2) is 0 Å². The summed E-state index contributed by atoms with van der Waals surface area (Å²) >= 11 is 0. The zero-order valence-corrected chi connectivity index (χ0v) is 8.34. The molecule has 0 rings (SSSR count). The molecule has 0 aliphatic carbocycles. The minimum Gasteiger partial charge on any atom is -0.387 e. The third-order valence-corrected chi connectivity index (χ3v) is 2.54. The van der Waals surface area contributed by atoms with Gasteiger partial charge in [-0.1, -0.05) is 13.8 Å². The minimum absolute atomic E-state index is 0.141. The normalized spacial score (nSPS) is 18.8. The second-order valence-electron chi connectivity index (χ2n) is 3.23. The fraction of sp³-hybridized carbons (Fsp3) is 1.00. The molecule has 74 valence electrons. The first-order valence-electron chi connectivity index (χ1n) is 4.56. The molecule has 0 spiro atoms. The van der Waals surface area contributed by atoms with Crippen molar-refractivity contribution in [3.05, 3.63) is 0 Å². The molecule has 0 saturated heterocycles. The summed E-state index contributed by atoms with van der Waals surface area (Å²) in [6.45, 7) is 4.88. The summed E-state index contributed by atoms with van der Waals surface area (Å²) in [4.78, 5) is 0. The van der Waals surface area contributed by atoms with Crippen molar-refractivity contribution < 1.29 is 9.84 Å². The molecule has 0 saturated carbocycles. The van der Waals surface area contributed by atoms with Crippen LogP contribution in [0.2, 0.25) is 0 Å². The quantitative estimate of drug-likeness (QED) is 0.626. The Morgan fingerprint density at radius 2 is 2.08 bits per heavy atom. The molecule has 2 unspecified atom stereocenters. The van der Waals surface area contributed by atoms with Crippen LogP contribution in [-0.2, 0) is 4.74 Å². The third kappa shape index (κ3) is 2.73. The third-order valence-electron chi connectivity index (χ3n) is 2.54. The summed E-state index contributed by atoms with van der Waals surface area (Å²) in [5.74, 6) is 0.141. The van der Waals surface area contributed by atoms with E-state index in [4.69, 9.17) is 10.5 Å². The number of hydrogen-bond acceptors (Lipinski definition) is 3. The molecular weight excluding hydrogens is 154 g/mol. The minimum atomic E-state index is -0.738. The van der Waals surface area contributed by atoms with Gasteiger partial charge in [-0.2, -0.15) is 0 Å². The summed E-state index contributed by atoms with van der Waals surface area (Å²) in [6, 6.07) is 0. The van der Waals surface area contributed by atoms with Crippen molar-refractivity contribution in [2.45, 2.75) is 32.3 Å². The van der Waals surface area contributed by atoms with Gasteiger partial charge in [0.15, 0.2) is 0 Å². The molecule has 0 aliphatic rings. The molecule has 0 amide bonds. The van der Waals surface area contributed by atoms with Crippen LogP contribution in [0.3, 0.4) is 0 Å². The van der Waals surface area contributed by atoms with Gasteiger partial charge in [0.05, 0.1) is 12.2 Å². The largest absolute Gasteiger partial charge is 0.387 e. The maximum Gasteiger partial charge on any atom is 0.0917 e. The zero-order chi connectivity index (χ0) is 9.61. The van der Waals surface area contributed by atoms with E-state index in [1.807, 2.05) is 13.8 Å². The van der Waals surface area contributed by atoms with E-state index in [0.29, 0.717) is 19.6 Å². The molecule has 0 aromatic rings. The highest BCUT2D eigenvalue weighted by Crippen LogP contribution is 2.23. The fourth-order valence-electron chi connectivity index (χ4n) is 1.52. The highest BCUT2D eigenvalue weighted by Gasteiger charge is 2.32. The van der Waals surface area contributed by atoms with Crippen molar-refractivity contribution in [3.63, 3.8) is 0 Å². The number of nitrogens with two attached hydrogens (primary N) is 1. The lowest BCUT2D eigenvalue weighted by Gasteiger charge is -2.33. The van der Waals surface area contributed by atoms with Gasteiger partial charge in [-0.3, -0.25) is 0 Å². The van der Waals surface area contributed by atoms with Crippen molar-refractivity contribution in [3.8, 4) is 0 Å². The molecule has 0 aromatic heterocycles. The van der Waals surface area contributed by atoms with Gasteiger partial charge in [-0.25, -0.2) is 0 Å². The van der Waals surface area contributed by atoms with Crippen LogP contribution >= 0.6 is 0 Å². The van der Waals surface area contributed by atoms with Crippen LogP contribution in [0.1, 0.15) is 26.7 Å². The van der Waals surface area contributed by atoms with Gasteiger partial charge in [0.1, 0.15) is 0 Å². The molecule has 0 aromatic carbocycles. The Kier molecular flexibility index (Phi) is 5.46. The van der Waals surface area contributed by atoms with Crippen LogP contribution in [0.5, 0.6) is 0 Å². The number of methoxy groups -OCH3 is 1. The van der Waals surface area contributed by atoms with Crippen LogP contribution in [0, 0.1) is 5.92 Å². The maximum atomic E-state index is 10.1. The Balaban J connectivity index is 4.24. The lowest BCUT2D eigenvalue weighted by atomic mass is 9.84. The summed E-state index contributed by atoms with van der Waals surface area (Å²) in [7, 11) is 1.60. The van der Waals surface area contributed by atoms with E-state index >= 15 is 0 Å². The molecule has 0 aliphatic heterocycles. The Bertz CT molecular complexity index is 115. The maximum absolute atomic E-state index is 10.1. The first-order chi connectivity index (χ1) is 5.64. The van der Waals surface area contributed by atoms with E-state index in [1.54, 1.807) is 7.11 Å². The van der Waals surface area contributed by atoms with Gasteiger partial charge in [0.2, 0.25) is 0 Å². The molecule has 0 bridgehead atoms. The van der Waals surface area contributed by atoms with Gasteiger partial charge >= 0.3 is 0 Å². The fourth-order valence-corrected chi connectivity index (χ4v) is 1.52.